The quantitative estimate of drug-likeness (QED) is 0.148. The van der Waals surface area contributed by atoms with Crippen molar-refractivity contribution >= 4 is 97.7 Å². The van der Waals surface area contributed by atoms with E-state index >= 15 is 0 Å². The van der Waals surface area contributed by atoms with Crippen LogP contribution in [0.3, 0.4) is 0 Å². The molecule has 0 radical (unpaired) electrons. The van der Waals surface area contributed by atoms with E-state index in [4.69, 9.17) is 0 Å². The molecule has 0 saturated carbocycles. The SMILES string of the molecule is Cc1cc(-c2cccc(-n3c4ccccc4c4ccccc43)c2)c2ccc3c(-c4cccc(-n5c6ccccc6c6ccccc65)c4)cc(-c4cccc(-n5c6ccccc6c6ccccc65)c4)c4ccc1c2c43. The summed E-state index contributed by atoms with van der Waals surface area (Å²) in [6, 6.07) is 94.8. The van der Waals surface area contributed by atoms with Gasteiger partial charge in [0.25, 0.3) is 0 Å². The highest BCUT2D eigenvalue weighted by atomic mass is 15.0. The van der Waals surface area contributed by atoms with Gasteiger partial charge in [-0.2, -0.15) is 0 Å². The average Bonchev–Trinajstić information content (AvgIpc) is 4.12. The Morgan fingerprint density at radius 3 is 0.811 bits per heavy atom. The van der Waals surface area contributed by atoms with E-state index in [0.717, 1.165) is 17.1 Å². The molecular formula is C71H45N3. The first-order valence-electron chi connectivity index (χ1n) is 25.7. The molecule has 0 saturated heterocycles. The maximum atomic E-state index is 2.47. The van der Waals surface area contributed by atoms with Crippen LogP contribution >= 0.6 is 0 Å². The van der Waals surface area contributed by atoms with Gasteiger partial charge in [-0.1, -0.05) is 176 Å². The fourth-order valence-electron chi connectivity index (χ4n) is 12.9. The van der Waals surface area contributed by atoms with Gasteiger partial charge in [0.05, 0.1) is 33.1 Å². The molecule has 3 heteroatoms. The first-order valence-corrected chi connectivity index (χ1v) is 25.7. The van der Waals surface area contributed by atoms with Crippen LogP contribution in [0.5, 0.6) is 0 Å². The monoisotopic (exact) mass is 939 g/mol. The van der Waals surface area contributed by atoms with Crippen LogP contribution in [0, 0.1) is 6.92 Å². The summed E-state index contributed by atoms with van der Waals surface area (Å²) < 4.78 is 7.29. The van der Waals surface area contributed by atoms with E-state index in [9.17, 15) is 0 Å². The number of hydrogen-bond donors (Lipinski definition) is 0. The minimum Gasteiger partial charge on any atom is -0.309 e. The highest BCUT2D eigenvalue weighted by Gasteiger charge is 2.22. The van der Waals surface area contributed by atoms with Gasteiger partial charge in [-0.3, -0.25) is 0 Å². The van der Waals surface area contributed by atoms with Gasteiger partial charge in [-0.05, 0) is 157 Å². The predicted octanol–water partition coefficient (Wildman–Crippen LogP) is 19.2. The number of nitrogens with zero attached hydrogens (tertiary/aromatic N) is 3. The topological polar surface area (TPSA) is 14.8 Å². The number of hydrogen-bond acceptors (Lipinski definition) is 0. The summed E-state index contributed by atoms with van der Waals surface area (Å²) in [7, 11) is 0. The molecule has 3 nitrogen and oxygen atoms in total. The normalized spacial score (nSPS) is 12.1. The first-order chi connectivity index (χ1) is 36.6. The van der Waals surface area contributed by atoms with E-state index in [0.29, 0.717) is 0 Å². The smallest absolute Gasteiger partial charge is 0.0541 e. The number of aromatic nitrogens is 3. The molecule has 0 atom stereocenters. The zero-order valence-corrected chi connectivity index (χ0v) is 40.6. The Bertz CT molecular complexity index is 4640. The minimum absolute atomic E-state index is 1.14. The van der Waals surface area contributed by atoms with E-state index in [1.807, 2.05) is 0 Å². The van der Waals surface area contributed by atoms with Gasteiger partial charge in [-0.25, -0.2) is 0 Å². The Labute approximate surface area is 427 Å². The Morgan fingerprint density at radius 1 is 0.216 bits per heavy atom. The molecule has 0 fully saturated rings. The van der Waals surface area contributed by atoms with Crippen molar-refractivity contribution in [2.45, 2.75) is 6.92 Å². The van der Waals surface area contributed by atoms with Crippen LogP contribution in [0.2, 0.25) is 0 Å². The Balaban J connectivity index is 0.960. The molecule has 74 heavy (non-hydrogen) atoms. The van der Waals surface area contributed by atoms with Crippen LogP contribution in [-0.2, 0) is 0 Å². The van der Waals surface area contributed by atoms with Crippen molar-refractivity contribution in [1.29, 1.82) is 0 Å². The molecule has 3 heterocycles. The number of aryl methyl sites for hydroxylation is 1. The van der Waals surface area contributed by atoms with Gasteiger partial charge in [0.15, 0.2) is 0 Å². The molecule has 0 unspecified atom stereocenters. The number of para-hydroxylation sites is 6. The molecule has 16 rings (SSSR count). The van der Waals surface area contributed by atoms with Crippen LogP contribution in [0.25, 0.3) is 148 Å². The number of rotatable bonds is 6. The maximum Gasteiger partial charge on any atom is 0.0541 e. The lowest BCUT2D eigenvalue weighted by molar-refractivity contribution is 1.18. The van der Waals surface area contributed by atoms with Crippen molar-refractivity contribution in [3.8, 4) is 50.4 Å². The lowest BCUT2D eigenvalue weighted by Gasteiger charge is -2.21. The van der Waals surface area contributed by atoms with Crippen LogP contribution in [0.1, 0.15) is 5.56 Å². The van der Waals surface area contributed by atoms with Crippen molar-refractivity contribution in [3.63, 3.8) is 0 Å². The lowest BCUT2D eigenvalue weighted by atomic mass is 9.83. The molecule has 0 N–H and O–H groups in total. The van der Waals surface area contributed by atoms with Gasteiger partial charge in [0.1, 0.15) is 0 Å². The van der Waals surface area contributed by atoms with Crippen LogP contribution < -0.4 is 0 Å². The summed E-state index contributed by atoms with van der Waals surface area (Å²) in [5.41, 5.74) is 19.1. The van der Waals surface area contributed by atoms with Gasteiger partial charge in [-0.15, -0.1) is 0 Å². The Morgan fingerprint density at radius 2 is 0.486 bits per heavy atom. The first kappa shape index (κ1) is 41.0. The third kappa shape index (κ3) is 5.84. The molecule has 0 amide bonds. The summed E-state index contributed by atoms with van der Waals surface area (Å²) in [5.74, 6) is 0. The van der Waals surface area contributed by atoms with Gasteiger partial charge in [0, 0.05) is 49.4 Å². The van der Waals surface area contributed by atoms with Crippen molar-refractivity contribution < 1.29 is 0 Å². The average molecular weight is 940 g/mol. The zero-order chi connectivity index (χ0) is 48.6. The summed E-state index contributed by atoms with van der Waals surface area (Å²) in [5, 5.41) is 15.2. The number of fused-ring (bicyclic) bond motifs is 9. The molecule has 0 bridgehead atoms. The molecule has 0 aliphatic heterocycles. The van der Waals surface area contributed by atoms with E-state index in [-0.39, 0.29) is 0 Å². The standard InChI is InChI=1S/C71H45N3/c1-44-39-61(45-17-14-20-48(40-45)72-64-29-8-2-23-52(64)53-24-3-9-30-65(53)72)58-37-38-60-63(47-19-16-22-50(42-47)74-68-33-12-6-27-56(68)57-28-7-13-34-69(57)74)43-62(59-36-35-51(44)70(58)71(59)60)46-18-15-21-49(41-46)73-66-31-10-4-25-54(66)55-26-5-11-32-67(55)73/h2-43H,1H3. The summed E-state index contributed by atoms with van der Waals surface area (Å²) >= 11 is 0. The van der Waals surface area contributed by atoms with Crippen molar-refractivity contribution in [2.24, 2.45) is 0 Å². The Hall–Kier alpha value is -9.70. The second-order valence-corrected chi connectivity index (χ2v) is 20.0. The lowest BCUT2D eigenvalue weighted by Crippen LogP contribution is -1.97. The summed E-state index contributed by atoms with van der Waals surface area (Å²) in [6.45, 7) is 2.29. The van der Waals surface area contributed by atoms with Crippen LogP contribution in [0.4, 0.5) is 0 Å². The molecule has 16 aromatic rings. The fraction of sp³-hybridized carbons (Fsp3) is 0.0141. The van der Waals surface area contributed by atoms with E-state index in [1.165, 1.54) is 137 Å². The minimum atomic E-state index is 1.14. The van der Waals surface area contributed by atoms with Gasteiger partial charge >= 0.3 is 0 Å². The summed E-state index contributed by atoms with van der Waals surface area (Å²) in [4.78, 5) is 0. The van der Waals surface area contributed by atoms with Gasteiger partial charge in [0.2, 0.25) is 0 Å². The molecule has 344 valence electrons. The second kappa shape index (κ2) is 15.6. The van der Waals surface area contributed by atoms with Crippen molar-refractivity contribution in [1.82, 2.24) is 13.7 Å². The fourth-order valence-corrected chi connectivity index (χ4v) is 12.9. The zero-order valence-electron chi connectivity index (χ0n) is 40.6. The van der Waals surface area contributed by atoms with Gasteiger partial charge < -0.3 is 13.7 Å². The molecule has 13 aromatic carbocycles. The van der Waals surface area contributed by atoms with E-state index < -0.39 is 0 Å². The second-order valence-electron chi connectivity index (χ2n) is 20.0. The maximum absolute atomic E-state index is 2.47. The van der Waals surface area contributed by atoms with Crippen molar-refractivity contribution in [3.05, 3.63) is 260 Å². The van der Waals surface area contributed by atoms with Crippen LogP contribution in [-0.4, -0.2) is 13.7 Å². The third-order valence-electron chi connectivity index (χ3n) is 16.1. The molecule has 0 aliphatic rings. The molecule has 0 spiro atoms. The van der Waals surface area contributed by atoms with E-state index in [1.54, 1.807) is 0 Å². The van der Waals surface area contributed by atoms with Crippen LogP contribution in [0.15, 0.2) is 255 Å². The predicted molar refractivity (Wildman–Crippen MR) is 314 cm³/mol. The van der Waals surface area contributed by atoms with E-state index in [2.05, 4.69) is 275 Å². The van der Waals surface area contributed by atoms with Crippen molar-refractivity contribution in [2.75, 3.05) is 0 Å². The molecule has 3 aromatic heterocycles. The molecular weight excluding hydrogens is 895 g/mol. The Kier molecular flexibility index (Phi) is 8.66. The summed E-state index contributed by atoms with van der Waals surface area (Å²) in [6.07, 6.45) is 0. The highest BCUT2D eigenvalue weighted by Crippen LogP contribution is 2.48. The number of benzene rings is 13. The highest BCUT2D eigenvalue weighted by molar-refractivity contribution is 6.30. The molecule has 0 aliphatic carbocycles. The largest absolute Gasteiger partial charge is 0.309 e. The third-order valence-corrected chi connectivity index (χ3v) is 16.1.